The molecular formula is C18H18N4. The number of nitrogens with zero attached hydrogens (tertiary/aromatic N) is 3. The lowest BCUT2D eigenvalue weighted by Crippen LogP contribution is -2.44. The van der Waals surface area contributed by atoms with Crippen LogP contribution in [0.5, 0.6) is 0 Å². The van der Waals surface area contributed by atoms with E-state index in [0.29, 0.717) is 0 Å². The van der Waals surface area contributed by atoms with Crippen molar-refractivity contribution >= 4 is 16.6 Å². The maximum Gasteiger partial charge on any atom is 0.159 e. The molecule has 2 heterocycles. The number of piperazine rings is 1. The molecule has 0 radical (unpaired) electrons. The quantitative estimate of drug-likeness (QED) is 0.788. The van der Waals surface area contributed by atoms with Crippen LogP contribution in [0, 0.1) is 0 Å². The van der Waals surface area contributed by atoms with Crippen molar-refractivity contribution in [2.45, 2.75) is 0 Å². The van der Waals surface area contributed by atoms with Crippen LogP contribution < -0.4 is 10.2 Å². The van der Waals surface area contributed by atoms with Crippen LogP contribution in [0.1, 0.15) is 0 Å². The molecule has 110 valence electrons. The van der Waals surface area contributed by atoms with Crippen molar-refractivity contribution < 1.29 is 0 Å². The van der Waals surface area contributed by atoms with Gasteiger partial charge < -0.3 is 10.2 Å². The van der Waals surface area contributed by atoms with Gasteiger partial charge >= 0.3 is 0 Å². The third-order valence-electron chi connectivity index (χ3n) is 4.13. The summed E-state index contributed by atoms with van der Waals surface area (Å²) in [6.45, 7) is 3.94. The van der Waals surface area contributed by atoms with Crippen molar-refractivity contribution in [3.05, 3.63) is 54.6 Å². The molecule has 4 heteroatoms. The second kappa shape index (κ2) is 5.73. The number of rotatable bonds is 2. The highest BCUT2D eigenvalue weighted by Gasteiger charge is 2.17. The molecule has 2 aromatic carbocycles. The van der Waals surface area contributed by atoms with Gasteiger partial charge in [0, 0.05) is 42.5 Å². The molecule has 4 rings (SSSR count). The van der Waals surface area contributed by atoms with Crippen LogP contribution in [0.2, 0.25) is 0 Å². The first-order valence-electron chi connectivity index (χ1n) is 7.70. The van der Waals surface area contributed by atoms with E-state index in [2.05, 4.69) is 56.8 Å². The molecular weight excluding hydrogens is 272 g/mol. The minimum atomic E-state index is 0.954. The number of hydrogen-bond acceptors (Lipinski definition) is 4. The average molecular weight is 290 g/mol. The van der Waals surface area contributed by atoms with Crippen LogP contribution >= 0.6 is 0 Å². The Hall–Kier alpha value is -2.46. The molecule has 1 saturated heterocycles. The third-order valence-corrected chi connectivity index (χ3v) is 4.13. The minimum absolute atomic E-state index is 0.954. The summed E-state index contributed by atoms with van der Waals surface area (Å²) in [5.74, 6) is 0.997. The monoisotopic (exact) mass is 290 g/mol. The minimum Gasteiger partial charge on any atom is -0.352 e. The Morgan fingerprint density at radius 2 is 1.45 bits per heavy atom. The normalized spacial score (nSPS) is 15.2. The summed E-state index contributed by atoms with van der Waals surface area (Å²) in [7, 11) is 0. The molecule has 1 fully saturated rings. The summed E-state index contributed by atoms with van der Waals surface area (Å²) in [6.07, 6.45) is 0. The van der Waals surface area contributed by atoms with Gasteiger partial charge in [-0.15, -0.1) is 10.2 Å². The summed E-state index contributed by atoms with van der Waals surface area (Å²) < 4.78 is 0. The van der Waals surface area contributed by atoms with Crippen LogP contribution in [0.25, 0.3) is 22.0 Å². The van der Waals surface area contributed by atoms with Crippen molar-refractivity contribution in [1.82, 2.24) is 15.5 Å². The van der Waals surface area contributed by atoms with Gasteiger partial charge in [-0.1, -0.05) is 54.6 Å². The van der Waals surface area contributed by atoms with E-state index in [0.717, 1.165) is 48.6 Å². The molecule has 1 aliphatic rings. The Labute approximate surface area is 129 Å². The number of anilines is 1. The molecule has 3 aromatic rings. The van der Waals surface area contributed by atoms with E-state index in [1.807, 2.05) is 18.2 Å². The fraction of sp³-hybridized carbons (Fsp3) is 0.222. The van der Waals surface area contributed by atoms with Gasteiger partial charge in [-0.25, -0.2) is 0 Å². The van der Waals surface area contributed by atoms with E-state index in [1.165, 1.54) is 5.39 Å². The second-order valence-corrected chi connectivity index (χ2v) is 5.52. The Morgan fingerprint density at radius 3 is 2.23 bits per heavy atom. The van der Waals surface area contributed by atoms with Gasteiger partial charge in [0.25, 0.3) is 0 Å². The fourth-order valence-corrected chi connectivity index (χ4v) is 3.01. The zero-order chi connectivity index (χ0) is 14.8. The zero-order valence-electron chi connectivity index (χ0n) is 12.4. The van der Waals surface area contributed by atoms with Crippen molar-refractivity contribution in [1.29, 1.82) is 0 Å². The topological polar surface area (TPSA) is 41.1 Å². The van der Waals surface area contributed by atoms with E-state index < -0.39 is 0 Å². The van der Waals surface area contributed by atoms with Gasteiger partial charge in [-0.3, -0.25) is 0 Å². The third kappa shape index (κ3) is 2.31. The number of fused-ring (bicyclic) bond motifs is 1. The molecule has 4 nitrogen and oxygen atoms in total. The maximum atomic E-state index is 4.56. The molecule has 0 unspecified atom stereocenters. The Morgan fingerprint density at radius 1 is 0.773 bits per heavy atom. The first kappa shape index (κ1) is 13.2. The standard InChI is InChI=1S/C18H18N4/c1-2-6-14(7-3-1)17-15-8-4-5-9-16(15)18(21-20-17)22-12-10-19-11-13-22/h1-9,19H,10-13H2. The lowest BCUT2D eigenvalue weighted by molar-refractivity contribution is 0.584. The van der Waals surface area contributed by atoms with E-state index in [1.54, 1.807) is 0 Å². The summed E-state index contributed by atoms with van der Waals surface area (Å²) in [5, 5.41) is 14.8. The SMILES string of the molecule is c1ccc(-c2nnc(N3CCNCC3)c3ccccc23)cc1. The van der Waals surface area contributed by atoms with Crippen LogP contribution in [0.15, 0.2) is 54.6 Å². The first-order valence-corrected chi connectivity index (χ1v) is 7.70. The van der Waals surface area contributed by atoms with Crippen molar-refractivity contribution in [3.63, 3.8) is 0 Å². The van der Waals surface area contributed by atoms with Gasteiger partial charge in [0.05, 0.1) is 0 Å². The van der Waals surface area contributed by atoms with E-state index in [-0.39, 0.29) is 0 Å². The molecule has 0 bridgehead atoms. The number of hydrogen-bond donors (Lipinski definition) is 1. The molecule has 0 amide bonds. The fourth-order valence-electron chi connectivity index (χ4n) is 3.01. The summed E-state index contributed by atoms with van der Waals surface area (Å²) >= 11 is 0. The predicted molar refractivity (Wildman–Crippen MR) is 90.1 cm³/mol. The predicted octanol–water partition coefficient (Wildman–Crippen LogP) is 2.71. The lowest BCUT2D eigenvalue weighted by Gasteiger charge is -2.29. The first-order chi connectivity index (χ1) is 10.9. The van der Waals surface area contributed by atoms with Gasteiger partial charge in [0.15, 0.2) is 5.82 Å². The Bertz CT molecular complexity index is 779. The molecule has 0 spiro atoms. The van der Waals surface area contributed by atoms with Crippen LogP contribution in [0.3, 0.4) is 0 Å². The summed E-state index contributed by atoms with van der Waals surface area (Å²) in [6, 6.07) is 18.7. The van der Waals surface area contributed by atoms with Crippen molar-refractivity contribution in [2.75, 3.05) is 31.1 Å². The smallest absolute Gasteiger partial charge is 0.159 e. The molecule has 22 heavy (non-hydrogen) atoms. The average Bonchev–Trinajstić information content (AvgIpc) is 2.62. The highest BCUT2D eigenvalue weighted by molar-refractivity contribution is 6.00. The number of aromatic nitrogens is 2. The highest BCUT2D eigenvalue weighted by atomic mass is 15.3. The Balaban J connectivity index is 1.88. The largest absolute Gasteiger partial charge is 0.352 e. The Kier molecular flexibility index (Phi) is 3.45. The van der Waals surface area contributed by atoms with Gasteiger partial charge in [-0.2, -0.15) is 0 Å². The lowest BCUT2D eigenvalue weighted by atomic mass is 10.0. The summed E-state index contributed by atoms with van der Waals surface area (Å²) in [5.41, 5.74) is 2.06. The number of nitrogens with one attached hydrogen (secondary N) is 1. The second-order valence-electron chi connectivity index (χ2n) is 5.52. The van der Waals surface area contributed by atoms with Gasteiger partial charge in [0.1, 0.15) is 5.69 Å². The molecule has 0 aliphatic carbocycles. The van der Waals surface area contributed by atoms with Gasteiger partial charge in [-0.05, 0) is 0 Å². The molecule has 1 N–H and O–H groups in total. The van der Waals surface area contributed by atoms with E-state index >= 15 is 0 Å². The maximum absolute atomic E-state index is 4.56. The van der Waals surface area contributed by atoms with Crippen LogP contribution in [0.4, 0.5) is 5.82 Å². The summed E-state index contributed by atoms with van der Waals surface area (Å²) in [4.78, 5) is 2.32. The van der Waals surface area contributed by atoms with Crippen LogP contribution in [-0.2, 0) is 0 Å². The number of benzene rings is 2. The molecule has 1 aliphatic heterocycles. The van der Waals surface area contributed by atoms with Gasteiger partial charge in [0.2, 0.25) is 0 Å². The molecule has 1 aromatic heterocycles. The highest BCUT2D eigenvalue weighted by Crippen LogP contribution is 2.31. The molecule has 0 saturated carbocycles. The van der Waals surface area contributed by atoms with Crippen molar-refractivity contribution in [3.8, 4) is 11.3 Å². The van der Waals surface area contributed by atoms with Crippen LogP contribution in [-0.4, -0.2) is 36.4 Å². The molecule has 0 atom stereocenters. The van der Waals surface area contributed by atoms with E-state index in [4.69, 9.17) is 0 Å². The zero-order valence-corrected chi connectivity index (χ0v) is 12.4. The van der Waals surface area contributed by atoms with Crippen molar-refractivity contribution in [2.24, 2.45) is 0 Å². The van der Waals surface area contributed by atoms with E-state index in [9.17, 15) is 0 Å².